The molecule has 164 valence electrons. The smallest absolute Gasteiger partial charge is 0.340 e. The third-order valence-corrected chi connectivity index (χ3v) is 7.02. The lowest BCUT2D eigenvalue weighted by Gasteiger charge is -2.19. The molecule has 32 heavy (non-hydrogen) atoms. The predicted octanol–water partition coefficient (Wildman–Crippen LogP) is 3.27. The van der Waals surface area contributed by atoms with Gasteiger partial charge in [-0.15, -0.1) is 0 Å². The van der Waals surface area contributed by atoms with Gasteiger partial charge in [-0.2, -0.15) is 0 Å². The number of methoxy groups -OCH3 is 1. The molecule has 3 fully saturated rings. The Balaban J connectivity index is 1.35. The topological polar surface area (TPSA) is 90.0 Å². The zero-order valence-corrected chi connectivity index (χ0v) is 17.7. The van der Waals surface area contributed by atoms with E-state index in [1.807, 2.05) is 0 Å². The van der Waals surface area contributed by atoms with Gasteiger partial charge in [0.2, 0.25) is 11.8 Å². The van der Waals surface area contributed by atoms with Crippen LogP contribution in [0.3, 0.4) is 0 Å². The van der Waals surface area contributed by atoms with Crippen LogP contribution in [-0.2, 0) is 14.3 Å². The van der Waals surface area contributed by atoms with Crippen molar-refractivity contribution in [1.82, 2.24) is 0 Å². The van der Waals surface area contributed by atoms with Crippen LogP contribution in [0.15, 0.2) is 48.5 Å². The van der Waals surface area contributed by atoms with E-state index in [0.29, 0.717) is 11.3 Å². The molecule has 2 aromatic rings. The highest BCUT2D eigenvalue weighted by atomic mass is 16.5. The lowest BCUT2D eigenvalue weighted by atomic mass is 9.81. The van der Waals surface area contributed by atoms with Gasteiger partial charge >= 0.3 is 5.97 Å². The maximum Gasteiger partial charge on any atom is 0.340 e. The number of carbonyl (C=O) groups is 4. The molecule has 2 aliphatic carbocycles. The molecule has 2 bridgehead atoms. The summed E-state index contributed by atoms with van der Waals surface area (Å²) in [6.45, 7) is -0.461. The Labute approximate surface area is 185 Å². The van der Waals surface area contributed by atoms with Crippen molar-refractivity contribution in [2.24, 2.45) is 23.7 Å². The van der Waals surface area contributed by atoms with E-state index in [2.05, 4.69) is 0 Å². The maximum atomic E-state index is 13.2. The molecule has 2 amide bonds. The number of Topliss-reactive ketones (excluding diaryl/α,β-unsaturated/α-hetero) is 1. The van der Waals surface area contributed by atoms with E-state index in [-0.39, 0.29) is 52.5 Å². The average molecular weight is 433 g/mol. The molecule has 0 aromatic heterocycles. The van der Waals surface area contributed by atoms with E-state index in [9.17, 15) is 19.2 Å². The first-order valence-corrected chi connectivity index (χ1v) is 10.8. The Morgan fingerprint density at radius 1 is 0.969 bits per heavy atom. The standard InChI is InChI=1S/C25H23NO6/c1-31-17-6-4-5-14(12-17)20(27)13-32-25(30)18-7-2-3-8-19(18)26-23(28)21-15-9-10-16(11-15)22(21)24(26)29/h2-8,12,15-16,21-22H,9-11,13H2,1H3/t15-,16+,21-,22-/m0/s1. The van der Waals surface area contributed by atoms with Crippen molar-refractivity contribution in [3.8, 4) is 5.75 Å². The molecule has 7 nitrogen and oxygen atoms in total. The molecule has 7 heteroatoms. The third kappa shape index (κ3) is 3.20. The number of amides is 2. The van der Waals surface area contributed by atoms with Gasteiger partial charge in [0, 0.05) is 5.56 Å². The summed E-state index contributed by atoms with van der Waals surface area (Å²) in [5.74, 6) is -1.10. The number of fused-ring (bicyclic) bond motifs is 5. The summed E-state index contributed by atoms with van der Waals surface area (Å²) in [6, 6.07) is 13.0. The second kappa shape index (κ2) is 7.89. The second-order valence-corrected chi connectivity index (χ2v) is 8.65. The van der Waals surface area contributed by atoms with Crippen LogP contribution in [-0.4, -0.2) is 37.3 Å². The van der Waals surface area contributed by atoms with Crippen molar-refractivity contribution >= 4 is 29.3 Å². The Morgan fingerprint density at radius 3 is 2.34 bits per heavy atom. The van der Waals surface area contributed by atoms with Crippen LogP contribution < -0.4 is 9.64 Å². The first kappa shape index (κ1) is 20.4. The Bertz CT molecular complexity index is 1100. The van der Waals surface area contributed by atoms with Crippen molar-refractivity contribution in [3.05, 3.63) is 59.7 Å². The number of esters is 1. The van der Waals surface area contributed by atoms with Gasteiger partial charge in [-0.1, -0.05) is 24.3 Å². The van der Waals surface area contributed by atoms with Gasteiger partial charge < -0.3 is 9.47 Å². The van der Waals surface area contributed by atoms with E-state index in [1.165, 1.54) is 18.1 Å². The number of benzene rings is 2. The fraction of sp³-hybridized carbons (Fsp3) is 0.360. The minimum Gasteiger partial charge on any atom is -0.497 e. The van der Waals surface area contributed by atoms with E-state index < -0.39 is 12.6 Å². The highest BCUT2D eigenvalue weighted by molar-refractivity contribution is 6.24. The highest BCUT2D eigenvalue weighted by Crippen LogP contribution is 2.56. The normalized spacial score (nSPS) is 25.7. The first-order valence-electron chi connectivity index (χ1n) is 10.8. The maximum absolute atomic E-state index is 13.2. The van der Waals surface area contributed by atoms with Gasteiger partial charge in [0.25, 0.3) is 0 Å². The number of ether oxygens (including phenoxy) is 2. The van der Waals surface area contributed by atoms with Gasteiger partial charge in [0.05, 0.1) is 30.2 Å². The molecule has 2 saturated carbocycles. The van der Waals surface area contributed by atoms with Crippen LogP contribution in [0.2, 0.25) is 0 Å². The SMILES string of the molecule is COc1cccc(C(=O)COC(=O)c2ccccc2N2C(=O)[C@H]3[C@@H]4CC[C@@H](C4)[C@@H]3C2=O)c1. The van der Waals surface area contributed by atoms with Crippen LogP contribution in [0, 0.1) is 23.7 Å². The van der Waals surface area contributed by atoms with Crippen molar-refractivity contribution in [2.45, 2.75) is 19.3 Å². The Hall–Kier alpha value is -3.48. The van der Waals surface area contributed by atoms with Crippen molar-refractivity contribution in [2.75, 3.05) is 18.6 Å². The fourth-order valence-electron chi connectivity index (χ4n) is 5.58. The number of nitrogens with zero attached hydrogens (tertiary/aromatic N) is 1. The number of anilines is 1. The van der Waals surface area contributed by atoms with E-state index >= 15 is 0 Å². The molecule has 1 saturated heterocycles. The third-order valence-electron chi connectivity index (χ3n) is 7.02. The second-order valence-electron chi connectivity index (χ2n) is 8.65. The molecule has 4 atom stereocenters. The monoisotopic (exact) mass is 433 g/mol. The minimum atomic E-state index is -0.752. The van der Waals surface area contributed by atoms with Crippen LogP contribution in [0.25, 0.3) is 0 Å². The fourth-order valence-corrected chi connectivity index (χ4v) is 5.58. The minimum absolute atomic E-state index is 0.0972. The van der Waals surface area contributed by atoms with Gasteiger partial charge in [0.1, 0.15) is 5.75 Å². The first-order chi connectivity index (χ1) is 15.5. The van der Waals surface area contributed by atoms with Gasteiger partial charge in [0.15, 0.2) is 12.4 Å². The zero-order valence-electron chi connectivity index (χ0n) is 17.7. The largest absolute Gasteiger partial charge is 0.497 e. The van der Waals surface area contributed by atoms with E-state index in [1.54, 1.807) is 42.5 Å². The number of hydrogen-bond donors (Lipinski definition) is 0. The van der Waals surface area contributed by atoms with Gasteiger partial charge in [-0.3, -0.25) is 14.4 Å². The molecule has 0 radical (unpaired) electrons. The summed E-state index contributed by atoms with van der Waals surface area (Å²) < 4.78 is 10.4. The molecule has 2 aromatic carbocycles. The predicted molar refractivity (Wildman–Crippen MR) is 114 cm³/mol. The molecule has 0 N–H and O–H groups in total. The number of ketones is 1. The van der Waals surface area contributed by atoms with Crippen molar-refractivity contribution in [1.29, 1.82) is 0 Å². The summed E-state index contributed by atoms with van der Waals surface area (Å²) in [5.41, 5.74) is 0.689. The average Bonchev–Trinajstić information content (AvgIpc) is 3.51. The molecule has 3 aliphatic rings. The summed E-state index contributed by atoms with van der Waals surface area (Å²) in [4.78, 5) is 52.8. The van der Waals surface area contributed by atoms with Crippen molar-refractivity contribution in [3.63, 3.8) is 0 Å². The van der Waals surface area contributed by atoms with Crippen LogP contribution in [0.4, 0.5) is 5.69 Å². The van der Waals surface area contributed by atoms with E-state index in [0.717, 1.165) is 19.3 Å². The van der Waals surface area contributed by atoms with Crippen LogP contribution in [0.1, 0.15) is 40.0 Å². The summed E-state index contributed by atoms with van der Waals surface area (Å²) >= 11 is 0. The molecular weight excluding hydrogens is 410 g/mol. The summed E-state index contributed by atoms with van der Waals surface area (Å²) in [5, 5.41) is 0. The molecule has 0 spiro atoms. The number of hydrogen-bond acceptors (Lipinski definition) is 6. The number of para-hydroxylation sites is 1. The molecule has 5 rings (SSSR count). The van der Waals surface area contributed by atoms with Crippen LogP contribution >= 0.6 is 0 Å². The lowest BCUT2D eigenvalue weighted by molar-refractivity contribution is -0.123. The van der Waals surface area contributed by atoms with Gasteiger partial charge in [-0.25, -0.2) is 9.69 Å². The highest BCUT2D eigenvalue weighted by Gasteiger charge is 2.61. The lowest BCUT2D eigenvalue weighted by Crippen LogP contribution is -2.34. The number of imide groups is 1. The Kier molecular flexibility index (Phi) is 5.04. The molecule has 0 unspecified atom stereocenters. The summed E-state index contributed by atoms with van der Waals surface area (Å²) in [7, 11) is 1.50. The van der Waals surface area contributed by atoms with Gasteiger partial charge in [-0.05, 0) is 55.4 Å². The Morgan fingerprint density at radius 2 is 1.66 bits per heavy atom. The molecular formula is C25H23NO6. The molecule has 1 aliphatic heterocycles. The quantitative estimate of drug-likeness (QED) is 0.395. The number of carbonyl (C=O) groups excluding carboxylic acids is 4. The number of rotatable bonds is 6. The summed E-state index contributed by atoms with van der Waals surface area (Å²) in [6.07, 6.45) is 2.90. The van der Waals surface area contributed by atoms with Crippen molar-refractivity contribution < 1.29 is 28.7 Å². The van der Waals surface area contributed by atoms with Crippen LogP contribution in [0.5, 0.6) is 5.75 Å². The molecule has 1 heterocycles. The van der Waals surface area contributed by atoms with E-state index in [4.69, 9.17) is 9.47 Å². The zero-order chi connectivity index (χ0) is 22.4.